The van der Waals surface area contributed by atoms with E-state index in [4.69, 9.17) is 4.74 Å². The van der Waals surface area contributed by atoms with Crippen LogP contribution in [0.4, 0.5) is 4.79 Å². The lowest BCUT2D eigenvalue weighted by Crippen LogP contribution is -2.33. The standard InChI is InChI=1S/C12H18N2O3S/c1-12(2,3)17-11(16)13-6-4-5-10(15)9-7-18-8-14-9/h7-8H,4-6H2,1-3H3,(H,13,16). The summed E-state index contributed by atoms with van der Waals surface area (Å²) < 4.78 is 5.07. The molecule has 1 rings (SSSR count). The molecule has 0 aliphatic carbocycles. The summed E-state index contributed by atoms with van der Waals surface area (Å²) >= 11 is 1.40. The summed E-state index contributed by atoms with van der Waals surface area (Å²) in [5, 5.41) is 4.33. The van der Waals surface area contributed by atoms with E-state index in [1.54, 1.807) is 31.7 Å². The van der Waals surface area contributed by atoms with Crippen molar-refractivity contribution in [1.29, 1.82) is 0 Å². The van der Waals surface area contributed by atoms with Crippen LogP contribution in [0.2, 0.25) is 0 Å². The Balaban J connectivity index is 2.16. The Morgan fingerprint density at radius 1 is 1.44 bits per heavy atom. The first kappa shape index (κ1) is 14.6. The van der Waals surface area contributed by atoms with Crippen molar-refractivity contribution >= 4 is 23.2 Å². The fourth-order valence-corrected chi connectivity index (χ4v) is 1.79. The smallest absolute Gasteiger partial charge is 0.407 e. The predicted molar refractivity (Wildman–Crippen MR) is 69.9 cm³/mol. The molecule has 6 heteroatoms. The van der Waals surface area contributed by atoms with Crippen LogP contribution < -0.4 is 5.32 Å². The van der Waals surface area contributed by atoms with Gasteiger partial charge in [0.2, 0.25) is 0 Å². The lowest BCUT2D eigenvalue weighted by molar-refractivity contribution is 0.0525. The van der Waals surface area contributed by atoms with Gasteiger partial charge in [-0.3, -0.25) is 4.79 Å². The maximum Gasteiger partial charge on any atom is 0.407 e. The second kappa shape index (κ2) is 6.49. The van der Waals surface area contributed by atoms with Crippen LogP contribution in [0.15, 0.2) is 10.9 Å². The Morgan fingerprint density at radius 2 is 2.17 bits per heavy atom. The van der Waals surface area contributed by atoms with E-state index in [0.717, 1.165) is 0 Å². The van der Waals surface area contributed by atoms with Gasteiger partial charge in [0.25, 0.3) is 0 Å². The molecule has 0 aliphatic heterocycles. The molecule has 0 spiro atoms. The van der Waals surface area contributed by atoms with E-state index in [-0.39, 0.29) is 5.78 Å². The molecule has 1 heterocycles. The van der Waals surface area contributed by atoms with E-state index in [1.807, 2.05) is 0 Å². The van der Waals surface area contributed by atoms with Crippen LogP contribution in [0.25, 0.3) is 0 Å². The molecule has 1 aromatic heterocycles. The van der Waals surface area contributed by atoms with E-state index < -0.39 is 11.7 Å². The van der Waals surface area contributed by atoms with Crippen molar-refractivity contribution in [3.8, 4) is 0 Å². The highest BCUT2D eigenvalue weighted by atomic mass is 32.1. The maximum absolute atomic E-state index is 11.6. The number of ether oxygens (including phenoxy) is 1. The van der Waals surface area contributed by atoms with Crippen molar-refractivity contribution in [1.82, 2.24) is 10.3 Å². The summed E-state index contributed by atoms with van der Waals surface area (Å²) in [5.41, 5.74) is 1.63. The lowest BCUT2D eigenvalue weighted by Gasteiger charge is -2.19. The number of carbonyl (C=O) groups is 2. The van der Waals surface area contributed by atoms with Gasteiger partial charge in [0.15, 0.2) is 5.78 Å². The number of amides is 1. The molecular formula is C12H18N2O3S. The summed E-state index contributed by atoms with van der Waals surface area (Å²) in [6.45, 7) is 5.83. The maximum atomic E-state index is 11.6. The van der Waals surface area contributed by atoms with E-state index >= 15 is 0 Å². The SMILES string of the molecule is CC(C)(C)OC(=O)NCCCC(=O)c1cscn1. The molecule has 0 radical (unpaired) electrons. The van der Waals surface area contributed by atoms with Crippen LogP contribution in [0.5, 0.6) is 0 Å². The molecule has 0 saturated carbocycles. The number of nitrogens with one attached hydrogen (secondary N) is 1. The molecule has 100 valence electrons. The Hall–Kier alpha value is -1.43. The average Bonchev–Trinajstić information content (AvgIpc) is 2.74. The number of thiazole rings is 1. The van der Waals surface area contributed by atoms with Gasteiger partial charge in [-0.2, -0.15) is 0 Å². The van der Waals surface area contributed by atoms with E-state index in [9.17, 15) is 9.59 Å². The number of nitrogens with zero attached hydrogens (tertiary/aromatic N) is 1. The number of hydrogen-bond acceptors (Lipinski definition) is 5. The zero-order valence-corrected chi connectivity index (χ0v) is 11.7. The van der Waals surface area contributed by atoms with E-state index in [0.29, 0.717) is 25.1 Å². The van der Waals surface area contributed by atoms with Gasteiger partial charge in [-0.25, -0.2) is 9.78 Å². The largest absolute Gasteiger partial charge is 0.444 e. The molecule has 0 aromatic carbocycles. The van der Waals surface area contributed by atoms with Crippen molar-refractivity contribution in [2.75, 3.05) is 6.54 Å². The molecular weight excluding hydrogens is 252 g/mol. The van der Waals surface area contributed by atoms with Gasteiger partial charge >= 0.3 is 6.09 Å². The average molecular weight is 270 g/mol. The monoisotopic (exact) mass is 270 g/mol. The zero-order valence-electron chi connectivity index (χ0n) is 10.9. The first-order valence-corrected chi connectivity index (χ1v) is 6.71. The lowest BCUT2D eigenvalue weighted by atomic mass is 10.2. The molecule has 18 heavy (non-hydrogen) atoms. The van der Waals surface area contributed by atoms with Crippen LogP contribution >= 0.6 is 11.3 Å². The highest BCUT2D eigenvalue weighted by Crippen LogP contribution is 2.07. The minimum atomic E-state index is -0.500. The van der Waals surface area contributed by atoms with Crippen LogP contribution in [0.3, 0.4) is 0 Å². The summed E-state index contributed by atoms with van der Waals surface area (Å²) in [6, 6.07) is 0. The summed E-state index contributed by atoms with van der Waals surface area (Å²) in [5.74, 6) is 0.00207. The van der Waals surface area contributed by atoms with Gasteiger partial charge in [0.05, 0.1) is 5.51 Å². The molecule has 0 unspecified atom stereocenters. The normalized spacial score (nSPS) is 11.1. The van der Waals surface area contributed by atoms with Gasteiger partial charge in [0.1, 0.15) is 11.3 Å². The number of rotatable bonds is 5. The van der Waals surface area contributed by atoms with Crippen LogP contribution in [0, 0.1) is 0 Å². The molecule has 5 nitrogen and oxygen atoms in total. The Labute approximate surface area is 111 Å². The van der Waals surface area contributed by atoms with Crippen molar-refractivity contribution < 1.29 is 14.3 Å². The Kier molecular flexibility index (Phi) is 5.27. The molecule has 1 amide bonds. The molecule has 0 atom stereocenters. The van der Waals surface area contributed by atoms with Gasteiger partial charge < -0.3 is 10.1 Å². The fraction of sp³-hybridized carbons (Fsp3) is 0.583. The molecule has 1 N–H and O–H groups in total. The van der Waals surface area contributed by atoms with E-state index in [2.05, 4.69) is 10.3 Å². The number of ketones is 1. The third-order valence-electron chi connectivity index (χ3n) is 1.97. The first-order valence-electron chi connectivity index (χ1n) is 5.77. The number of carbonyl (C=O) groups excluding carboxylic acids is 2. The minimum Gasteiger partial charge on any atom is -0.444 e. The van der Waals surface area contributed by atoms with Gasteiger partial charge in [-0.1, -0.05) is 0 Å². The minimum absolute atomic E-state index is 0.00207. The van der Waals surface area contributed by atoms with Gasteiger partial charge in [-0.05, 0) is 27.2 Å². The summed E-state index contributed by atoms with van der Waals surface area (Å²) in [6.07, 6.45) is 0.499. The first-order chi connectivity index (χ1) is 8.38. The van der Waals surface area contributed by atoms with Gasteiger partial charge in [-0.15, -0.1) is 11.3 Å². The second-order valence-electron chi connectivity index (χ2n) is 4.83. The highest BCUT2D eigenvalue weighted by Gasteiger charge is 2.15. The summed E-state index contributed by atoms with van der Waals surface area (Å²) in [4.78, 5) is 26.8. The molecule has 1 aromatic rings. The highest BCUT2D eigenvalue weighted by molar-refractivity contribution is 7.07. The van der Waals surface area contributed by atoms with Crippen LogP contribution in [-0.2, 0) is 4.74 Å². The second-order valence-corrected chi connectivity index (χ2v) is 5.55. The van der Waals surface area contributed by atoms with Crippen molar-refractivity contribution in [2.24, 2.45) is 0 Å². The molecule has 0 fully saturated rings. The predicted octanol–water partition coefficient (Wildman–Crippen LogP) is 2.63. The molecule has 0 bridgehead atoms. The number of Topliss-reactive ketones (excluding diaryl/α,β-unsaturated/α-hetero) is 1. The van der Waals surface area contributed by atoms with Gasteiger partial charge in [0, 0.05) is 18.3 Å². The summed E-state index contributed by atoms with van der Waals surface area (Å²) in [7, 11) is 0. The Bertz CT molecular complexity index is 396. The van der Waals surface area contributed by atoms with Crippen molar-refractivity contribution in [3.63, 3.8) is 0 Å². The zero-order chi connectivity index (χ0) is 13.6. The molecule has 0 saturated heterocycles. The quantitative estimate of drug-likeness (QED) is 0.659. The van der Waals surface area contributed by atoms with Crippen LogP contribution in [0.1, 0.15) is 44.1 Å². The Morgan fingerprint density at radius 3 is 2.72 bits per heavy atom. The van der Waals surface area contributed by atoms with E-state index in [1.165, 1.54) is 11.3 Å². The topological polar surface area (TPSA) is 68.3 Å². The van der Waals surface area contributed by atoms with Crippen molar-refractivity contribution in [2.45, 2.75) is 39.2 Å². The molecule has 0 aliphatic rings. The van der Waals surface area contributed by atoms with Crippen molar-refractivity contribution in [3.05, 3.63) is 16.6 Å². The third kappa shape index (κ3) is 5.77. The number of alkyl carbamates (subject to hydrolysis) is 1. The number of hydrogen-bond donors (Lipinski definition) is 1. The fourth-order valence-electron chi connectivity index (χ4n) is 1.23. The van der Waals surface area contributed by atoms with Crippen LogP contribution in [-0.4, -0.2) is 29.0 Å². The third-order valence-corrected chi connectivity index (χ3v) is 2.55. The number of aromatic nitrogens is 1.